The zero-order valence-electron chi connectivity index (χ0n) is 30.4. The maximum atomic E-state index is 14.3. The maximum absolute atomic E-state index is 14.3. The number of hydrogen-bond acceptors (Lipinski definition) is 15. The second-order valence-corrected chi connectivity index (χ2v) is 14.2. The van der Waals surface area contributed by atoms with Crippen LogP contribution in [0.1, 0.15) is 39.3 Å². The number of carbonyl (C=O) groups is 3. The summed E-state index contributed by atoms with van der Waals surface area (Å²) in [6.07, 6.45) is -0.869. The Labute approximate surface area is 311 Å². The fourth-order valence-corrected chi connectivity index (χ4v) is 6.84. The number of nitriles is 1. The number of carboxylic acids is 1. The monoisotopic (exact) mass is 773 g/mol. The average Bonchev–Trinajstić information content (AvgIpc) is 3.69. The number of fused-ring (bicyclic) bond motifs is 1. The van der Waals surface area contributed by atoms with Gasteiger partial charge in [0, 0.05) is 14.1 Å². The highest BCUT2D eigenvalue weighted by Gasteiger charge is 2.60. The second-order valence-electron chi connectivity index (χ2n) is 12.5. The number of aromatic nitrogens is 3. The van der Waals surface area contributed by atoms with Crippen LogP contribution in [0.5, 0.6) is 5.75 Å². The molecule has 1 aromatic carbocycles. The summed E-state index contributed by atoms with van der Waals surface area (Å²) in [5.74, 6) is -2.71. The zero-order valence-corrected chi connectivity index (χ0v) is 31.3. The van der Waals surface area contributed by atoms with E-state index in [-0.39, 0.29) is 29.8 Å². The summed E-state index contributed by atoms with van der Waals surface area (Å²) in [4.78, 5) is 46.9. The van der Waals surface area contributed by atoms with Gasteiger partial charge in [-0.3, -0.25) is 9.32 Å². The molecule has 1 aliphatic heterocycles. The molecular weight excluding hydrogens is 729 g/mol. The molecule has 3 heterocycles. The zero-order chi connectivity index (χ0) is 39.5. The number of carboxylic acid groups (broad SMARTS) is 1. The first-order valence-corrected chi connectivity index (χ1v) is 18.5. The van der Waals surface area contributed by atoms with E-state index in [9.17, 15) is 29.3 Å². The number of carbonyl (C=O) groups excluding carboxylic acids is 2. The van der Waals surface area contributed by atoms with Crippen molar-refractivity contribution in [3.63, 3.8) is 0 Å². The molecule has 4 rings (SSSR count). The van der Waals surface area contributed by atoms with Crippen LogP contribution in [0.2, 0.25) is 0 Å². The summed E-state index contributed by atoms with van der Waals surface area (Å²) in [7, 11) is -0.998. The smallest absolute Gasteiger partial charge is 0.459 e. The lowest BCUT2D eigenvalue weighted by Gasteiger charge is -2.26. The van der Waals surface area contributed by atoms with Gasteiger partial charge in [-0.05, 0) is 37.1 Å². The molecular formula is C34H44N7O12P. The average molecular weight is 774 g/mol. The highest BCUT2D eigenvalue weighted by atomic mass is 31.2. The third-order valence-electron chi connectivity index (χ3n) is 8.23. The molecule has 19 nitrogen and oxygen atoms in total. The highest BCUT2D eigenvalue weighted by Crippen LogP contribution is 2.48. The lowest BCUT2D eigenvalue weighted by atomic mass is 9.92. The minimum Gasteiger partial charge on any atom is -0.480 e. The van der Waals surface area contributed by atoms with E-state index in [1.165, 1.54) is 42.3 Å². The van der Waals surface area contributed by atoms with Crippen molar-refractivity contribution < 1.29 is 57.2 Å². The Morgan fingerprint density at radius 2 is 1.91 bits per heavy atom. The molecule has 292 valence electrons. The minimum absolute atomic E-state index is 0.00227. The summed E-state index contributed by atoms with van der Waals surface area (Å²) in [5.41, 5.74) is -1.95. The molecule has 1 fully saturated rings. The van der Waals surface area contributed by atoms with Crippen molar-refractivity contribution in [2.45, 2.75) is 63.6 Å². The standard InChI is InChI=1S/C34H44N7O12P/c1-6-23(7-2)15-49-33(46)22(3)39-54(47,53-24-11-9-8-10-12-24)50-16-26-30(51-29(44)18-48-17-28(42)43)31(45)34(19-35,52-26)27-14-13-25-32(37-21-40(4)5)36-20-38-41(25)27/h8-14,20-23,26,30-31,45H,6-7,15-18H2,1-5H3,(H,39,47)(H,42,43)/b37-21-/t22-,26+,30+,31+,34-,54-/m0/s1. The molecule has 3 N–H and O–H groups in total. The van der Waals surface area contributed by atoms with Crippen molar-refractivity contribution >= 4 is 43.3 Å². The van der Waals surface area contributed by atoms with E-state index in [0.29, 0.717) is 5.52 Å². The van der Waals surface area contributed by atoms with Crippen LogP contribution >= 0.6 is 7.75 Å². The first-order valence-electron chi connectivity index (χ1n) is 17.0. The van der Waals surface area contributed by atoms with Crippen molar-refractivity contribution in [2.24, 2.45) is 10.9 Å². The number of hydrogen-bond donors (Lipinski definition) is 3. The number of benzene rings is 1. The molecule has 0 saturated carbocycles. The summed E-state index contributed by atoms with van der Waals surface area (Å²) >= 11 is 0. The summed E-state index contributed by atoms with van der Waals surface area (Å²) in [6.45, 7) is 3.13. The van der Waals surface area contributed by atoms with Crippen LogP contribution in [0, 0.1) is 17.2 Å². The molecule has 0 aliphatic carbocycles. The SMILES string of the molecule is CCC(CC)COC(=O)[C@H](C)N[P@](=O)(OC[C@H]1O[C@@](C#N)(c2ccc3c(/N=C\N(C)C)ncnn23)[C@H](O)[C@@H]1OC(=O)COCC(=O)O)Oc1ccccc1. The Balaban J connectivity index is 1.67. The molecule has 0 amide bonds. The fourth-order valence-electron chi connectivity index (χ4n) is 5.34. The van der Waals surface area contributed by atoms with Crippen LogP contribution in [0.4, 0.5) is 5.82 Å². The number of ether oxygens (including phenoxy) is 4. The van der Waals surface area contributed by atoms with E-state index >= 15 is 0 Å². The third-order valence-corrected chi connectivity index (χ3v) is 9.88. The summed E-state index contributed by atoms with van der Waals surface area (Å²) in [6, 6.07) is 11.7. The van der Waals surface area contributed by atoms with Gasteiger partial charge in [-0.1, -0.05) is 44.9 Å². The van der Waals surface area contributed by atoms with Crippen LogP contribution in [-0.4, -0.2) is 119 Å². The molecule has 0 spiro atoms. The lowest BCUT2D eigenvalue weighted by molar-refractivity contribution is -0.163. The summed E-state index contributed by atoms with van der Waals surface area (Å²) in [5, 5.41) is 38.1. The Bertz CT molecular complexity index is 1870. The molecule has 3 aromatic rings. The fraction of sp³-hybridized carbons (Fsp3) is 0.500. The van der Waals surface area contributed by atoms with E-state index in [1.54, 1.807) is 43.3 Å². The topological polar surface area (TPSA) is 246 Å². The lowest BCUT2D eigenvalue weighted by Crippen LogP contribution is -2.43. The van der Waals surface area contributed by atoms with Gasteiger partial charge in [0.15, 0.2) is 11.9 Å². The Morgan fingerprint density at radius 3 is 2.56 bits per heavy atom. The van der Waals surface area contributed by atoms with Crippen molar-refractivity contribution in [2.75, 3.05) is 40.5 Å². The van der Waals surface area contributed by atoms with Gasteiger partial charge in [-0.25, -0.2) is 28.6 Å². The van der Waals surface area contributed by atoms with Crippen LogP contribution < -0.4 is 9.61 Å². The van der Waals surface area contributed by atoms with E-state index in [2.05, 4.69) is 20.2 Å². The number of aliphatic carboxylic acids is 1. The normalized spacial score (nSPS) is 21.4. The van der Waals surface area contributed by atoms with E-state index in [0.717, 1.165) is 12.8 Å². The number of para-hydroxylation sites is 1. The number of nitrogens with zero attached hydrogens (tertiary/aromatic N) is 6. The Kier molecular flexibility index (Phi) is 14.6. The molecule has 6 atom stereocenters. The third kappa shape index (κ3) is 10.4. The van der Waals surface area contributed by atoms with E-state index < -0.39 is 75.4 Å². The van der Waals surface area contributed by atoms with Gasteiger partial charge in [0.2, 0.25) is 5.60 Å². The van der Waals surface area contributed by atoms with Gasteiger partial charge in [0.1, 0.15) is 55.1 Å². The van der Waals surface area contributed by atoms with Crippen LogP contribution in [0.15, 0.2) is 53.8 Å². The molecule has 1 aliphatic rings. The highest BCUT2D eigenvalue weighted by molar-refractivity contribution is 7.52. The number of rotatable bonds is 20. The Morgan fingerprint density at radius 1 is 1.19 bits per heavy atom. The van der Waals surface area contributed by atoms with E-state index in [1.807, 2.05) is 19.9 Å². The van der Waals surface area contributed by atoms with Crippen LogP contribution in [-0.2, 0) is 48.0 Å². The second kappa shape index (κ2) is 18.9. The van der Waals surface area contributed by atoms with Crippen LogP contribution in [0.25, 0.3) is 5.52 Å². The number of esters is 2. The number of aliphatic imine (C=N–C) groups is 1. The largest absolute Gasteiger partial charge is 0.480 e. The van der Waals surface area contributed by atoms with Gasteiger partial charge in [0.25, 0.3) is 0 Å². The quantitative estimate of drug-likeness (QED) is 0.0646. The first kappa shape index (κ1) is 41.8. The van der Waals surface area contributed by atoms with Gasteiger partial charge in [-0.15, -0.1) is 0 Å². The molecule has 20 heteroatoms. The molecule has 0 radical (unpaired) electrons. The molecule has 54 heavy (non-hydrogen) atoms. The summed E-state index contributed by atoms with van der Waals surface area (Å²) < 4.78 is 49.1. The predicted molar refractivity (Wildman–Crippen MR) is 190 cm³/mol. The minimum atomic E-state index is -4.52. The number of nitrogens with one attached hydrogen (secondary N) is 1. The van der Waals surface area contributed by atoms with Crippen molar-refractivity contribution in [3.05, 3.63) is 54.5 Å². The molecule has 1 saturated heterocycles. The molecule has 0 unspecified atom stereocenters. The Hall–Kier alpha value is -4.96. The van der Waals surface area contributed by atoms with Gasteiger partial charge < -0.3 is 38.6 Å². The van der Waals surface area contributed by atoms with Crippen molar-refractivity contribution in [1.29, 1.82) is 5.26 Å². The van der Waals surface area contributed by atoms with Gasteiger partial charge >= 0.3 is 25.7 Å². The van der Waals surface area contributed by atoms with Crippen LogP contribution in [0.3, 0.4) is 0 Å². The predicted octanol–water partition coefficient (Wildman–Crippen LogP) is 2.60. The van der Waals surface area contributed by atoms with Gasteiger partial charge in [0.05, 0.1) is 25.2 Å². The number of aliphatic hydroxyl groups is 1. The van der Waals surface area contributed by atoms with Crippen molar-refractivity contribution in [1.82, 2.24) is 24.6 Å². The molecule has 2 aromatic heterocycles. The van der Waals surface area contributed by atoms with Gasteiger partial charge in [-0.2, -0.15) is 15.4 Å². The molecule has 0 bridgehead atoms. The van der Waals surface area contributed by atoms with E-state index in [4.69, 9.17) is 33.1 Å². The maximum Gasteiger partial charge on any atom is 0.459 e. The first-order chi connectivity index (χ1) is 25.8. The van der Waals surface area contributed by atoms with Crippen molar-refractivity contribution in [3.8, 4) is 11.8 Å². The number of aliphatic hydroxyl groups excluding tert-OH is 1.